The van der Waals surface area contributed by atoms with Crippen molar-refractivity contribution in [3.05, 3.63) is 96.6 Å². The van der Waals surface area contributed by atoms with E-state index in [9.17, 15) is 4.79 Å². The van der Waals surface area contributed by atoms with Crippen LogP contribution in [-0.2, 0) is 11.2 Å². The number of nitrogens with one attached hydrogen (secondary N) is 1. The van der Waals surface area contributed by atoms with E-state index in [2.05, 4.69) is 20.3 Å². The van der Waals surface area contributed by atoms with Crippen LogP contribution in [0, 0.1) is 6.92 Å². The maximum atomic E-state index is 12.4. The smallest absolute Gasteiger partial charge is 0.228 e. The number of nitrogens with zero attached hydrogens (tertiary/aromatic N) is 3. The summed E-state index contributed by atoms with van der Waals surface area (Å²) in [7, 11) is 0. The first-order valence-corrected chi connectivity index (χ1v) is 9.37. The quantitative estimate of drug-likeness (QED) is 0.545. The number of pyridine rings is 1. The Balaban J connectivity index is 1.38. The summed E-state index contributed by atoms with van der Waals surface area (Å²) in [5, 5.41) is 2.85. The molecule has 5 nitrogen and oxygen atoms in total. The fourth-order valence-electron chi connectivity index (χ4n) is 3.06. The predicted octanol–water partition coefficient (Wildman–Crippen LogP) is 4.70. The molecule has 2 aromatic heterocycles. The Hall–Kier alpha value is -3.86. The highest BCUT2D eigenvalue weighted by Crippen LogP contribution is 2.20. The van der Waals surface area contributed by atoms with Crippen molar-refractivity contribution in [2.45, 2.75) is 13.3 Å². The first-order chi connectivity index (χ1) is 14.2. The molecule has 0 unspecified atom stereocenters. The van der Waals surface area contributed by atoms with E-state index in [0.29, 0.717) is 11.5 Å². The van der Waals surface area contributed by atoms with Gasteiger partial charge in [0.1, 0.15) is 0 Å². The Kier molecular flexibility index (Phi) is 5.38. The number of amides is 1. The van der Waals surface area contributed by atoms with Gasteiger partial charge < -0.3 is 5.32 Å². The van der Waals surface area contributed by atoms with Crippen LogP contribution >= 0.6 is 0 Å². The molecule has 0 aliphatic heterocycles. The van der Waals surface area contributed by atoms with Crippen molar-refractivity contribution in [3.63, 3.8) is 0 Å². The number of aromatic nitrogens is 3. The van der Waals surface area contributed by atoms with Crippen molar-refractivity contribution in [2.24, 2.45) is 0 Å². The molecule has 142 valence electrons. The van der Waals surface area contributed by atoms with Crippen molar-refractivity contribution in [2.75, 3.05) is 5.32 Å². The molecule has 0 saturated heterocycles. The van der Waals surface area contributed by atoms with Gasteiger partial charge in [-0.1, -0.05) is 54.6 Å². The molecule has 29 heavy (non-hydrogen) atoms. The standard InChI is InChI=1S/C24H20N4O/c1-17-13-21(11-12-25-17)19-9-7-18(8-10-19)14-23(29)28-22-15-26-24(27-16-22)20-5-3-2-4-6-20/h2-13,15-16H,14H2,1H3,(H,28,29). The van der Waals surface area contributed by atoms with Crippen molar-refractivity contribution in [3.8, 4) is 22.5 Å². The number of hydrogen-bond donors (Lipinski definition) is 1. The minimum Gasteiger partial charge on any atom is -0.323 e. The molecule has 0 saturated carbocycles. The van der Waals surface area contributed by atoms with E-state index in [0.717, 1.165) is 27.9 Å². The second kappa shape index (κ2) is 8.44. The zero-order valence-electron chi connectivity index (χ0n) is 16.0. The fourth-order valence-corrected chi connectivity index (χ4v) is 3.06. The van der Waals surface area contributed by atoms with Crippen LogP contribution in [0.3, 0.4) is 0 Å². The van der Waals surface area contributed by atoms with Gasteiger partial charge in [0.15, 0.2) is 5.82 Å². The van der Waals surface area contributed by atoms with Crippen LogP contribution in [0.5, 0.6) is 0 Å². The highest BCUT2D eigenvalue weighted by molar-refractivity contribution is 5.92. The molecule has 0 radical (unpaired) electrons. The molecule has 1 amide bonds. The maximum absolute atomic E-state index is 12.4. The SMILES string of the molecule is Cc1cc(-c2ccc(CC(=O)Nc3cnc(-c4ccccc4)nc3)cc2)ccn1. The summed E-state index contributed by atoms with van der Waals surface area (Å²) >= 11 is 0. The average Bonchev–Trinajstić information content (AvgIpc) is 2.75. The lowest BCUT2D eigenvalue weighted by Crippen LogP contribution is -2.14. The van der Waals surface area contributed by atoms with Gasteiger partial charge in [0.2, 0.25) is 5.91 Å². The Morgan fingerprint density at radius 3 is 2.24 bits per heavy atom. The summed E-state index contributed by atoms with van der Waals surface area (Å²) in [5.74, 6) is 0.527. The van der Waals surface area contributed by atoms with Gasteiger partial charge in [-0.05, 0) is 35.7 Å². The Morgan fingerprint density at radius 2 is 1.55 bits per heavy atom. The maximum Gasteiger partial charge on any atom is 0.228 e. The molecule has 0 fully saturated rings. The van der Waals surface area contributed by atoms with E-state index in [1.165, 1.54) is 0 Å². The third-order valence-corrected chi connectivity index (χ3v) is 4.52. The number of carbonyl (C=O) groups excluding carboxylic acids is 1. The summed E-state index contributed by atoms with van der Waals surface area (Å²) in [6.07, 6.45) is 5.34. The van der Waals surface area contributed by atoms with Gasteiger partial charge in [0.05, 0.1) is 24.5 Å². The van der Waals surface area contributed by atoms with E-state index in [1.54, 1.807) is 18.6 Å². The number of carbonyl (C=O) groups is 1. The molecule has 0 atom stereocenters. The number of rotatable bonds is 5. The van der Waals surface area contributed by atoms with Gasteiger partial charge in [-0.3, -0.25) is 9.78 Å². The predicted molar refractivity (Wildman–Crippen MR) is 114 cm³/mol. The summed E-state index contributed by atoms with van der Waals surface area (Å²) < 4.78 is 0. The van der Waals surface area contributed by atoms with Crippen LogP contribution in [0.4, 0.5) is 5.69 Å². The topological polar surface area (TPSA) is 67.8 Å². The van der Waals surface area contributed by atoms with Crippen LogP contribution in [0.25, 0.3) is 22.5 Å². The van der Waals surface area contributed by atoms with Crippen molar-refractivity contribution in [1.29, 1.82) is 0 Å². The third-order valence-electron chi connectivity index (χ3n) is 4.52. The van der Waals surface area contributed by atoms with E-state index < -0.39 is 0 Å². The minimum absolute atomic E-state index is 0.103. The van der Waals surface area contributed by atoms with Crippen molar-refractivity contribution >= 4 is 11.6 Å². The number of benzene rings is 2. The Morgan fingerprint density at radius 1 is 0.828 bits per heavy atom. The molecular weight excluding hydrogens is 360 g/mol. The second-order valence-electron chi connectivity index (χ2n) is 6.77. The van der Waals surface area contributed by atoms with Crippen molar-refractivity contribution < 1.29 is 4.79 Å². The molecule has 2 aromatic carbocycles. The van der Waals surface area contributed by atoms with Gasteiger partial charge in [0.25, 0.3) is 0 Å². The average molecular weight is 380 g/mol. The second-order valence-corrected chi connectivity index (χ2v) is 6.77. The molecular formula is C24H20N4O. The van der Waals surface area contributed by atoms with E-state index in [1.807, 2.05) is 73.7 Å². The highest BCUT2D eigenvalue weighted by Gasteiger charge is 2.07. The molecule has 0 bridgehead atoms. The summed E-state index contributed by atoms with van der Waals surface area (Å²) in [6.45, 7) is 1.97. The van der Waals surface area contributed by atoms with Gasteiger partial charge in [-0.15, -0.1) is 0 Å². The molecule has 0 spiro atoms. The highest BCUT2D eigenvalue weighted by atomic mass is 16.1. The Labute approximate surface area is 169 Å². The van der Waals surface area contributed by atoms with E-state index in [-0.39, 0.29) is 12.3 Å². The third kappa shape index (κ3) is 4.71. The summed E-state index contributed by atoms with van der Waals surface area (Å²) in [5.41, 5.74) is 5.66. The summed E-state index contributed by atoms with van der Waals surface area (Å²) in [4.78, 5) is 25.2. The monoisotopic (exact) mass is 380 g/mol. The van der Waals surface area contributed by atoms with Gasteiger partial charge >= 0.3 is 0 Å². The first-order valence-electron chi connectivity index (χ1n) is 9.37. The molecule has 5 heteroatoms. The zero-order valence-corrected chi connectivity index (χ0v) is 16.0. The lowest BCUT2D eigenvalue weighted by molar-refractivity contribution is -0.115. The zero-order chi connectivity index (χ0) is 20.1. The number of hydrogen-bond acceptors (Lipinski definition) is 4. The van der Waals surface area contributed by atoms with Crippen LogP contribution in [0.15, 0.2) is 85.3 Å². The fraction of sp³-hybridized carbons (Fsp3) is 0.0833. The van der Waals surface area contributed by atoms with Crippen LogP contribution in [0.1, 0.15) is 11.3 Å². The van der Waals surface area contributed by atoms with Gasteiger partial charge in [-0.2, -0.15) is 0 Å². The molecule has 4 aromatic rings. The molecule has 0 aliphatic rings. The van der Waals surface area contributed by atoms with Crippen molar-refractivity contribution in [1.82, 2.24) is 15.0 Å². The molecule has 1 N–H and O–H groups in total. The normalized spacial score (nSPS) is 10.5. The lowest BCUT2D eigenvalue weighted by atomic mass is 10.0. The molecule has 2 heterocycles. The Bertz CT molecular complexity index is 1110. The summed E-state index contributed by atoms with van der Waals surface area (Å²) in [6, 6.07) is 21.7. The van der Waals surface area contributed by atoms with Crippen LogP contribution in [-0.4, -0.2) is 20.9 Å². The van der Waals surface area contributed by atoms with E-state index in [4.69, 9.17) is 0 Å². The largest absolute Gasteiger partial charge is 0.323 e. The van der Waals surface area contributed by atoms with Gasteiger partial charge in [0, 0.05) is 17.5 Å². The van der Waals surface area contributed by atoms with Gasteiger partial charge in [-0.25, -0.2) is 9.97 Å². The van der Waals surface area contributed by atoms with Crippen LogP contribution < -0.4 is 5.32 Å². The number of anilines is 1. The number of aryl methyl sites for hydroxylation is 1. The molecule has 0 aliphatic carbocycles. The molecule has 4 rings (SSSR count). The van der Waals surface area contributed by atoms with E-state index >= 15 is 0 Å². The lowest BCUT2D eigenvalue weighted by Gasteiger charge is -2.07. The van der Waals surface area contributed by atoms with Crippen LogP contribution in [0.2, 0.25) is 0 Å². The minimum atomic E-state index is -0.103. The first kappa shape index (κ1) is 18.5.